The first kappa shape index (κ1) is 23.5. The number of aliphatic imine (C=N–C) groups is 1. The number of fused-ring (bicyclic) bond motifs is 1. The Labute approximate surface area is 224 Å². The molecule has 0 atom stereocenters. The normalized spacial score (nSPS) is 14.9. The maximum atomic E-state index is 4.91. The number of anilines is 1. The molecule has 0 amide bonds. The summed E-state index contributed by atoms with van der Waals surface area (Å²) in [6, 6.07) is 14.1. The standard InChI is InChI=1S/C31H24N6S/c1-4-27-25(12-19(2)23-13-24(15-32-14-23)34-20(3)21-8-6-5-7-9-21)30(35-27)31-36-28-17-33-16-26(29(28)37-31)22-10-11-38-18-22/h4-18,34H,2-3H2,1H3,(H,36,37)/b25-12+,27-4+. The third-order valence-electron chi connectivity index (χ3n) is 6.33. The number of aromatic amines is 1. The Morgan fingerprint density at radius 2 is 1.84 bits per heavy atom. The minimum Gasteiger partial charge on any atom is -0.354 e. The monoisotopic (exact) mass is 512 g/mol. The number of nitrogens with one attached hydrogen (secondary N) is 2. The molecular weight excluding hydrogens is 488 g/mol. The van der Waals surface area contributed by atoms with Gasteiger partial charge in [0.25, 0.3) is 0 Å². The van der Waals surface area contributed by atoms with E-state index in [1.54, 1.807) is 29.9 Å². The number of benzene rings is 1. The predicted octanol–water partition coefficient (Wildman–Crippen LogP) is 7.51. The minimum atomic E-state index is 0.710. The lowest BCUT2D eigenvalue weighted by Gasteiger charge is -2.20. The zero-order valence-corrected chi connectivity index (χ0v) is 21.6. The summed E-state index contributed by atoms with van der Waals surface area (Å²) in [7, 11) is 0. The van der Waals surface area contributed by atoms with Crippen molar-refractivity contribution in [2.75, 3.05) is 5.32 Å². The van der Waals surface area contributed by atoms with Crippen LogP contribution in [0.1, 0.15) is 23.9 Å². The van der Waals surface area contributed by atoms with Crippen LogP contribution in [-0.4, -0.2) is 25.6 Å². The summed E-state index contributed by atoms with van der Waals surface area (Å²) in [6.45, 7) is 10.5. The molecule has 7 heteroatoms. The van der Waals surface area contributed by atoms with E-state index in [0.717, 1.165) is 67.2 Å². The average molecular weight is 513 g/mol. The first-order valence-electron chi connectivity index (χ1n) is 12.1. The molecule has 0 aliphatic carbocycles. The van der Waals surface area contributed by atoms with Gasteiger partial charge in [0, 0.05) is 34.8 Å². The van der Waals surface area contributed by atoms with Crippen molar-refractivity contribution >= 4 is 45.0 Å². The number of hydrogen-bond acceptors (Lipinski definition) is 6. The third kappa shape index (κ3) is 4.40. The number of aromatic nitrogens is 4. The molecule has 0 spiro atoms. The molecule has 0 saturated carbocycles. The molecule has 0 saturated heterocycles. The highest BCUT2D eigenvalue weighted by Crippen LogP contribution is 2.34. The van der Waals surface area contributed by atoms with Crippen LogP contribution in [0, 0.1) is 0 Å². The molecule has 0 radical (unpaired) electrons. The fourth-order valence-electron chi connectivity index (χ4n) is 4.35. The number of thiophene rings is 1. The molecule has 1 aliphatic heterocycles. The van der Waals surface area contributed by atoms with Gasteiger partial charge in [0.2, 0.25) is 0 Å². The molecule has 0 unspecified atom stereocenters. The summed E-state index contributed by atoms with van der Waals surface area (Å²) in [4.78, 5) is 21.9. The summed E-state index contributed by atoms with van der Waals surface area (Å²) in [5.74, 6) is 0.710. The molecule has 5 heterocycles. The summed E-state index contributed by atoms with van der Waals surface area (Å²) < 4.78 is 0. The van der Waals surface area contributed by atoms with Crippen LogP contribution in [0.15, 0.2) is 120 Å². The van der Waals surface area contributed by atoms with E-state index in [1.165, 1.54) is 0 Å². The van der Waals surface area contributed by atoms with Crippen molar-refractivity contribution in [3.8, 4) is 11.1 Å². The lowest BCUT2D eigenvalue weighted by atomic mass is 9.95. The highest BCUT2D eigenvalue weighted by molar-refractivity contribution is 7.08. The first-order valence-corrected chi connectivity index (χ1v) is 13.0. The molecule has 4 aromatic heterocycles. The minimum absolute atomic E-state index is 0.710. The van der Waals surface area contributed by atoms with Crippen molar-refractivity contribution in [3.05, 3.63) is 132 Å². The number of nitrogens with zero attached hydrogens (tertiary/aromatic N) is 4. The zero-order valence-electron chi connectivity index (χ0n) is 20.8. The molecule has 0 bridgehead atoms. The Hall–Kier alpha value is -4.88. The van der Waals surface area contributed by atoms with Gasteiger partial charge in [0.1, 0.15) is 11.2 Å². The van der Waals surface area contributed by atoms with Crippen LogP contribution in [-0.2, 0) is 0 Å². The maximum Gasteiger partial charge on any atom is 0.157 e. The molecule has 6 rings (SSSR count). The Kier molecular flexibility index (Phi) is 6.11. The second-order valence-corrected chi connectivity index (χ2v) is 9.61. The van der Waals surface area contributed by atoms with Gasteiger partial charge in [0.15, 0.2) is 5.82 Å². The van der Waals surface area contributed by atoms with Gasteiger partial charge in [-0.3, -0.25) is 9.97 Å². The molecule has 184 valence electrons. The summed E-state index contributed by atoms with van der Waals surface area (Å²) in [5, 5.41) is 7.50. The molecular formula is C31H24N6S. The van der Waals surface area contributed by atoms with Crippen LogP contribution < -0.4 is 5.32 Å². The fraction of sp³-hybridized carbons (Fsp3) is 0.0323. The number of imidazole rings is 1. The highest BCUT2D eigenvalue weighted by atomic mass is 32.1. The van der Waals surface area contributed by atoms with Crippen molar-refractivity contribution in [3.63, 3.8) is 0 Å². The molecule has 0 fully saturated rings. The van der Waals surface area contributed by atoms with Crippen molar-refractivity contribution in [1.29, 1.82) is 0 Å². The molecule has 1 aliphatic rings. The molecule has 5 aromatic rings. The Bertz CT molecular complexity index is 1770. The van der Waals surface area contributed by atoms with Crippen LogP contribution in [0.4, 0.5) is 5.69 Å². The largest absolute Gasteiger partial charge is 0.354 e. The summed E-state index contributed by atoms with van der Waals surface area (Å²) in [5.41, 5.74) is 10.9. The van der Waals surface area contributed by atoms with Crippen molar-refractivity contribution < 1.29 is 0 Å². The van der Waals surface area contributed by atoms with Crippen LogP contribution in [0.25, 0.3) is 33.4 Å². The van der Waals surface area contributed by atoms with Gasteiger partial charge in [-0.25, -0.2) is 9.98 Å². The summed E-state index contributed by atoms with van der Waals surface area (Å²) in [6.07, 6.45) is 11.3. The van der Waals surface area contributed by atoms with Gasteiger partial charge in [-0.2, -0.15) is 11.3 Å². The van der Waals surface area contributed by atoms with Gasteiger partial charge >= 0.3 is 0 Å². The van der Waals surface area contributed by atoms with Crippen LogP contribution >= 0.6 is 11.3 Å². The lowest BCUT2D eigenvalue weighted by molar-refractivity contribution is 1.19. The van der Waals surface area contributed by atoms with E-state index in [9.17, 15) is 0 Å². The van der Waals surface area contributed by atoms with E-state index in [-0.39, 0.29) is 0 Å². The van der Waals surface area contributed by atoms with Crippen molar-refractivity contribution in [1.82, 2.24) is 19.9 Å². The van der Waals surface area contributed by atoms with Crippen LogP contribution in [0.2, 0.25) is 0 Å². The van der Waals surface area contributed by atoms with Gasteiger partial charge in [-0.05, 0) is 52.6 Å². The number of pyridine rings is 2. The van der Waals surface area contributed by atoms with Crippen molar-refractivity contribution in [2.24, 2.45) is 4.99 Å². The number of allylic oxidation sites excluding steroid dienone is 4. The predicted molar refractivity (Wildman–Crippen MR) is 158 cm³/mol. The smallest absolute Gasteiger partial charge is 0.157 e. The van der Waals surface area contributed by atoms with E-state index < -0.39 is 0 Å². The molecule has 38 heavy (non-hydrogen) atoms. The molecule has 2 N–H and O–H groups in total. The Morgan fingerprint density at radius 3 is 2.63 bits per heavy atom. The topological polar surface area (TPSA) is 78.8 Å². The zero-order chi connectivity index (χ0) is 26.1. The number of rotatable bonds is 7. The molecule has 6 nitrogen and oxygen atoms in total. The first-order chi connectivity index (χ1) is 18.6. The quantitative estimate of drug-likeness (QED) is 0.236. The van der Waals surface area contributed by atoms with E-state index in [0.29, 0.717) is 5.82 Å². The Balaban J connectivity index is 1.28. The van der Waals surface area contributed by atoms with E-state index >= 15 is 0 Å². The average Bonchev–Trinajstić information content (AvgIpc) is 3.62. The van der Waals surface area contributed by atoms with Gasteiger partial charge in [-0.15, -0.1) is 0 Å². The second-order valence-electron chi connectivity index (χ2n) is 8.83. The second kappa shape index (κ2) is 9.88. The fourth-order valence-corrected chi connectivity index (χ4v) is 5.01. The van der Waals surface area contributed by atoms with Gasteiger partial charge in [-0.1, -0.05) is 49.6 Å². The summed E-state index contributed by atoms with van der Waals surface area (Å²) >= 11 is 1.65. The van der Waals surface area contributed by atoms with Crippen LogP contribution in [0.3, 0.4) is 0 Å². The van der Waals surface area contributed by atoms with E-state index in [4.69, 9.17) is 9.98 Å². The lowest BCUT2D eigenvalue weighted by Crippen LogP contribution is -2.18. The number of hydrogen-bond donors (Lipinski definition) is 2. The number of H-pyrrole nitrogens is 1. The van der Waals surface area contributed by atoms with Gasteiger partial charge in [0.05, 0.1) is 29.3 Å². The molecule has 1 aromatic carbocycles. The van der Waals surface area contributed by atoms with Gasteiger partial charge < -0.3 is 10.3 Å². The van der Waals surface area contributed by atoms with E-state index in [2.05, 4.69) is 50.3 Å². The van der Waals surface area contributed by atoms with Crippen LogP contribution in [0.5, 0.6) is 0 Å². The van der Waals surface area contributed by atoms with Crippen molar-refractivity contribution in [2.45, 2.75) is 6.92 Å². The third-order valence-corrected chi connectivity index (χ3v) is 7.02. The SMILES string of the molecule is C=C(/C=C1C(c2nc3c(-c4ccsc4)cncc3[nH]2)=NC/1=C/C)c1cncc(NC(=C)c2ccccc2)c1. The maximum absolute atomic E-state index is 4.91. The van der Waals surface area contributed by atoms with E-state index in [1.807, 2.05) is 61.7 Å². The highest BCUT2D eigenvalue weighted by Gasteiger charge is 2.26. The Morgan fingerprint density at radius 1 is 1.00 bits per heavy atom.